The molecule has 0 radical (unpaired) electrons. The summed E-state index contributed by atoms with van der Waals surface area (Å²) >= 11 is 0. The van der Waals surface area contributed by atoms with Crippen LogP contribution < -0.4 is 4.74 Å². The lowest BCUT2D eigenvalue weighted by atomic mass is 10.1. The lowest BCUT2D eigenvalue weighted by Gasteiger charge is -2.10. The number of carboxylic acids is 1. The molecule has 1 aromatic heterocycles. The number of hydrogen-bond donors (Lipinski definition) is 2. The van der Waals surface area contributed by atoms with Gasteiger partial charge in [0.1, 0.15) is 23.4 Å². The van der Waals surface area contributed by atoms with Crippen LogP contribution in [0, 0.1) is 5.82 Å². The largest absolute Gasteiger partial charge is 0.497 e. The third-order valence-corrected chi connectivity index (χ3v) is 2.61. The summed E-state index contributed by atoms with van der Waals surface area (Å²) in [4.78, 5) is 10.7. The highest BCUT2D eigenvalue weighted by molar-refractivity contribution is 5.84. The average Bonchev–Trinajstić information content (AvgIpc) is 2.87. The van der Waals surface area contributed by atoms with Crippen LogP contribution in [0.5, 0.6) is 5.75 Å². The smallest absolute Gasteiger partial charge is 0.371 e. The fraction of sp³-hybridized carbons (Fsp3) is 0.154. The van der Waals surface area contributed by atoms with Gasteiger partial charge in [0.25, 0.3) is 0 Å². The monoisotopic (exact) mass is 266 g/mol. The van der Waals surface area contributed by atoms with Crippen molar-refractivity contribution in [3.63, 3.8) is 0 Å². The third kappa shape index (κ3) is 2.58. The molecule has 19 heavy (non-hydrogen) atoms. The molecule has 0 bridgehead atoms. The number of furan rings is 1. The van der Waals surface area contributed by atoms with Gasteiger partial charge in [-0.25, -0.2) is 9.18 Å². The number of carboxylic acid groups (broad SMARTS) is 1. The van der Waals surface area contributed by atoms with E-state index in [0.717, 1.165) is 6.07 Å². The Hall–Kier alpha value is -2.34. The molecule has 2 aromatic rings. The molecular weight excluding hydrogens is 255 g/mol. The van der Waals surface area contributed by atoms with Gasteiger partial charge in [-0.3, -0.25) is 0 Å². The Morgan fingerprint density at radius 2 is 2.11 bits per heavy atom. The molecule has 0 saturated carbocycles. The van der Waals surface area contributed by atoms with Gasteiger partial charge in [0.05, 0.1) is 7.11 Å². The van der Waals surface area contributed by atoms with Crippen molar-refractivity contribution in [3.05, 3.63) is 53.2 Å². The van der Waals surface area contributed by atoms with Crippen molar-refractivity contribution in [1.29, 1.82) is 0 Å². The third-order valence-electron chi connectivity index (χ3n) is 2.61. The first-order valence-electron chi connectivity index (χ1n) is 5.37. The van der Waals surface area contributed by atoms with Gasteiger partial charge < -0.3 is 19.4 Å². The molecule has 100 valence electrons. The Balaban J connectivity index is 2.32. The van der Waals surface area contributed by atoms with E-state index in [9.17, 15) is 14.3 Å². The van der Waals surface area contributed by atoms with E-state index in [1.165, 1.54) is 31.4 Å². The zero-order chi connectivity index (χ0) is 14.0. The number of aliphatic hydroxyl groups excluding tert-OH is 1. The normalized spacial score (nSPS) is 12.2. The molecule has 0 aliphatic carbocycles. The van der Waals surface area contributed by atoms with Gasteiger partial charge in [-0.05, 0) is 24.3 Å². The number of benzene rings is 1. The van der Waals surface area contributed by atoms with Crippen molar-refractivity contribution < 1.29 is 28.6 Å². The molecule has 0 aliphatic heterocycles. The van der Waals surface area contributed by atoms with Crippen LogP contribution in [0.1, 0.15) is 28.0 Å². The van der Waals surface area contributed by atoms with E-state index < -0.39 is 17.9 Å². The highest BCUT2D eigenvalue weighted by Crippen LogP contribution is 2.28. The first-order valence-corrected chi connectivity index (χ1v) is 5.37. The Morgan fingerprint density at radius 1 is 1.37 bits per heavy atom. The summed E-state index contributed by atoms with van der Waals surface area (Å²) < 4.78 is 23.5. The number of methoxy groups -OCH3 is 1. The maximum absolute atomic E-state index is 13.7. The summed E-state index contributed by atoms with van der Waals surface area (Å²) in [6.45, 7) is 0. The minimum absolute atomic E-state index is 0.0212. The van der Waals surface area contributed by atoms with Crippen molar-refractivity contribution in [1.82, 2.24) is 0 Å². The van der Waals surface area contributed by atoms with Crippen molar-refractivity contribution in [2.45, 2.75) is 6.10 Å². The molecule has 0 aliphatic rings. The fourth-order valence-electron chi connectivity index (χ4n) is 1.62. The number of hydrogen-bond acceptors (Lipinski definition) is 4. The van der Waals surface area contributed by atoms with Gasteiger partial charge in [0.2, 0.25) is 5.76 Å². The number of aromatic carboxylic acids is 1. The first-order chi connectivity index (χ1) is 9.02. The number of halogens is 1. The van der Waals surface area contributed by atoms with Gasteiger partial charge in [-0.1, -0.05) is 0 Å². The predicted octanol–water partition coefficient (Wildman–Crippen LogP) is 2.21. The number of ether oxygens (including phenoxy) is 1. The minimum Gasteiger partial charge on any atom is -0.497 e. The van der Waals surface area contributed by atoms with Crippen LogP contribution in [-0.4, -0.2) is 23.3 Å². The quantitative estimate of drug-likeness (QED) is 0.886. The number of aliphatic hydroxyl groups is 1. The molecule has 0 spiro atoms. The summed E-state index contributed by atoms with van der Waals surface area (Å²) in [5.74, 6) is -1.96. The molecule has 1 heterocycles. The predicted molar refractivity (Wildman–Crippen MR) is 62.7 cm³/mol. The maximum Gasteiger partial charge on any atom is 0.371 e. The first kappa shape index (κ1) is 13.1. The highest BCUT2D eigenvalue weighted by Gasteiger charge is 2.20. The molecule has 1 atom stereocenters. The van der Waals surface area contributed by atoms with Crippen molar-refractivity contribution in [3.8, 4) is 5.75 Å². The van der Waals surface area contributed by atoms with Gasteiger partial charge in [0.15, 0.2) is 0 Å². The molecule has 0 saturated heterocycles. The van der Waals surface area contributed by atoms with Gasteiger partial charge in [-0.15, -0.1) is 0 Å². The molecular formula is C13H11FO5. The van der Waals surface area contributed by atoms with Crippen LogP contribution in [0.2, 0.25) is 0 Å². The van der Waals surface area contributed by atoms with Crippen molar-refractivity contribution in [2.75, 3.05) is 7.11 Å². The Morgan fingerprint density at radius 3 is 2.63 bits per heavy atom. The molecule has 1 aromatic carbocycles. The molecule has 6 heteroatoms. The molecule has 0 amide bonds. The van der Waals surface area contributed by atoms with E-state index in [2.05, 4.69) is 0 Å². The Bertz CT molecular complexity index is 605. The van der Waals surface area contributed by atoms with Gasteiger partial charge >= 0.3 is 5.97 Å². The zero-order valence-corrected chi connectivity index (χ0v) is 9.96. The van der Waals surface area contributed by atoms with Crippen molar-refractivity contribution >= 4 is 5.97 Å². The minimum atomic E-state index is -1.38. The van der Waals surface area contributed by atoms with Crippen LogP contribution >= 0.6 is 0 Å². The SMILES string of the molecule is COc1ccc(C(O)c2ccc(C(=O)O)o2)c(F)c1. The summed E-state index contributed by atoms with van der Waals surface area (Å²) in [6.07, 6.45) is -1.38. The highest BCUT2D eigenvalue weighted by atomic mass is 19.1. The van der Waals surface area contributed by atoms with E-state index in [0.29, 0.717) is 5.75 Å². The summed E-state index contributed by atoms with van der Waals surface area (Å²) in [5.41, 5.74) is -0.0212. The lowest BCUT2D eigenvalue weighted by molar-refractivity contribution is 0.0655. The molecule has 2 rings (SSSR count). The summed E-state index contributed by atoms with van der Waals surface area (Å²) in [7, 11) is 1.40. The van der Waals surface area contributed by atoms with Crippen LogP contribution in [0.3, 0.4) is 0 Å². The fourth-order valence-corrected chi connectivity index (χ4v) is 1.62. The van der Waals surface area contributed by atoms with Gasteiger partial charge in [-0.2, -0.15) is 0 Å². The maximum atomic E-state index is 13.7. The molecule has 0 fully saturated rings. The van der Waals surface area contributed by atoms with Crippen molar-refractivity contribution in [2.24, 2.45) is 0 Å². The summed E-state index contributed by atoms with van der Waals surface area (Å²) in [6, 6.07) is 6.45. The van der Waals surface area contributed by atoms with E-state index in [-0.39, 0.29) is 17.1 Å². The molecule has 2 N–H and O–H groups in total. The van der Waals surface area contributed by atoms with E-state index >= 15 is 0 Å². The van der Waals surface area contributed by atoms with E-state index in [4.69, 9.17) is 14.3 Å². The average molecular weight is 266 g/mol. The topological polar surface area (TPSA) is 79.9 Å². The number of rotatable bonds is 4. The molecule has 5 nitrogen and oxygen atoms in total. The standard InChI is InChI=1S/C13H11FO5/c1-18-7-2-3-8(9(14)6-7)12(15)10-4-5-11(19-10)13(16)17/h2-6,12,15H,1H3,(H,16,17). The van der Waals surface area contributed by atoms with E-state index in [1.54, 1.807) is 0 Å². The second-order valence-electron chi connectivity index (χ2n) is 3.80. The van der Waals surface area contributed by atoms with E-state index in [1.807, 2.05) is 0 Å². The molecule has 1 unspecified atom stereocenters. The Labute approximate surface area is 107 Å². The van der Waals surface area contributed by atoms with Crippen LogP contribution in [0.25, 0.3) is 0 Å². The zero-order valence-electron chi connectivity index (χ0n) is 9.96. The second-order valence-corrected chi connectivity index (χ2v) is 3.80. The Kier molecular flexibility index (Phi) is 3.52. The number of carbonyl (C=O) groups is 1. The van der Waals surface area contributed by atoms with Gasteiger partial charge in [0, 0.05) is 11.6 Å². The van der Waals surface area contributed by atoms with Crippen LogP contribution in [-0.2, 0) is 0 Å². The van der Waals surface area contributed by atoms with Crippen LogP contribution in [0.4, 0.5) is 4.39 Å². The van der Waals surface area contributed by atoms with Crippen LogP contribution in [0.15, 0.2) is 34.7 Å². The lowest BCUT2D eigenvalue weighted by Crippen LogP contribution is -2.02. The second kappa shape index (κ2) is 5.11. The summed E-state index contributed by atoms with van der Waals surface area (Å²) in [5, 5.41) is 18.7.